The van der Waals surface area contributed by atoms with Crippen LogP contribution in [-0.2, 0) is 4.79 Å². The van der Waals surface area contributed by atoms with E-state index in [0.29, 0.717) is 25.3 Å². The van der Waals surface area contributed by atoms with Crippen molar-refractivity contribution in [2.45, 2.75) is 51.7 Å². The Kier molecular flexibility index (Phi) is 5.96. The minimum Gasteiger partial charge on any atom is -0.339 e. The van der Waals surface area contributed by atoms with Crippen molar-refractivity contribution < 1.29 is 18.0 Å². The molecule has 19 heavy (non-hydrogen) atoms. The van der Waals surface area contributed by atoms with E-state index >= 15 is 0 Å². The van der Waals surface area contributed by atoms with Gasteiger partial charge < -0.3 is 4.90 Å². The van der Waals surface area contributed by atoms with Crippen LogP contribution in [0.4, 0.5) is 13.2 Å². The van der Waals surface area contributed by atoms with E-state index in [1.54, 1.807) is 4.90 Å². The Labute approximate surface area is 117 Å². The molecule has 1 aliphatic rings. The molecule has 0 saturated heterocycles. The summed E-state index contributed by atoms with van der Waals surface area (Å²) in [5.74, 6) is -1.71. The predicted octanol–water partition coefficient (Wildman–Crippen LogP) is 3.83. The van der Waals surface area contributed by atoms with Crippen LogP contribution in [0, 0.1) is 11.8 Å². The van der Waals surface area contributed by atoms with E-state index < -0.39 is 18.0 Å². The highest BCUT2D eigenvalue weighted by Crippen LogP contribution is 2.40. The number of carbonyl (C=O) groups is 1. The molecule has 0 spiro atoms. The van der Waals surface area contributed by atoms with Gasteiger partial charge in [-0.1, -0.05) is 6.42 Å². The van der Waals surface area contributed by atoms with E-state index in [9.17, 15) is 18.0 Å². The molecule has 1 aliphatic carbocycles. The number of amides is 1. The van der Waals surface area contributed by atoms with Crippen LogP contribution in [0.5, 0.6) is 0 Å². The van der Waals surface area contributed by atoms with Crippen LogP contribution in [0.15, 0.2) is 0 Å². The molecule has 0 bridgehead atoms. The van der Waals surface area contributed by atoms with Crippen molar-refractivity contribution in [3.8, 4) is 0 Å². The fraction of sp³-hybridized carbons (Fsp3) is 0.923. The van der Waals surface area contributed by atoms with E-state index in [-0.39, 0.29) is 24.8 Å². The van der Waals surface area contributed by atoms with Gasteiger partial charge in [-0.05, 0) is 33.1 Å². The van der Waals surface area contributed by atoms with Crippen LogP contribution in [0.2, 0.25) is 0 Å². The number of alkyl halides is 4. The van der Waals surface area contributed by atoms with Crippen LogP contribution in [0.25, 0.3) is 0 Å². The maximum Gasteiger partial charge on any atom is 0.391 e. The third-order valence-electron chi connectivity index (χ3n) is 3.72. The Morgan fingerprint density at radius 1 is 1.37 bits per heavy atom. The molecule has 0 aromatic rings. The number of rotatable bonds is 4. The summed E-state index contributed by atoms with van der Waals surface area (Å²) in [7, 11) is 0. The Bertz CT molecular complexity index is 307. The molecule has 0 radical (unpaired) electrons. The molecule has 0 aromatic heterocycles. The minimum absolute atomic E-state index is 0.0301. The van der Waals surface area contributed by atoms with Gasteiger partial charge in [0.1, 0.15) is 0 Å². The SMILES string of the molecule is CC(C)N(CCCl)C(=O)C1CCCC(C(F)(F)F)C1. The van der Waals surface area contributed by atoms with Gasteiger partial charge in [0, 0.05) is 24.4 Å². The molecule has 0 N–H and O–H groups in total. The Hall–Kier alpha value is -0.450. The van der Waals surface area contributed by atoms with E-state index in [4.69, 9.17) is 11.6 Å². The summed E-state index contributed by atoms with van der Waals surface area (Å²) < 4.78 is 38.2. The summed E-state index contributed by atoms with van der Waals surface area (Å²) in [6.45, 7) is 4.11. The van der Waals surface area contributed by atoms with Crippen molar-refractivity contribution >= 4 is 17.5 Å². The van der Waals surface area contributed by atoms with Gasteiger partial charge in [-0.25, -0.2) is 0 Å². The zero-order chi connectivity index (χ0) is 14.6. The maximum absolute atomic E-state index is 12.7. The smallest absolute Gasteiger partial charge is 0.339 e. The van der Waals surface area contributed by atoms with Gasteiger partial charge in [-0.15, -0.1) is 11.6 Å². The summed E-state index contributed by atoms with van der Waals surface area (Å²) in [5, 5.41) is 0. The molecular weight excluding hydrogens is 279 g/mol. The number of hydrogen-bond acceptors (Lipinski definition) is 1. The molecule has 2 unspecified atom stereocenters. The van der Waals surface area contributed by atoms with E-state index in [1.165, 1.54) is 0 Å². The number of hydrogen-bond donors (Lipinski definition) is 0. The van der Waals surface area contributed by atoms with Crippen molar-refractivity contribution in [2.75, 3.05) is 12.4 Å². The summed E-state index contributed by atoms with van der Waals surface area (Å²) >= 11 is 5.65. The standard InChI is InChI=1S/C13H21ClF3NO/c1-9(2)18(7-6-14)12(19)10-4-3-5-11(8-10)13(15,16)17/h9-11H,3-8H2,1-2H3. The van der Waals surface area contributed by atoms with E-state index in [0.717, 1.165) is 0 Å². The van der Waals surface area contributed by atoms with Gasteiger partial charge >= 0.3 is 6.18 Å². The fourth-order valence-corrected chi connectivity index (χ4v) is 2.84. The summed E-state index contributed by atoms with van der Waals surface area (Å²) in [4.78, 5) is 13.9. The van der Waals surface area contributed by atoms with Gasteiger partial charge in [0.2, 0.25) is 5.91 Å². The fourth-order valence-electron chi connectivity index (χ4n) is 2.66. The number of carbonyl (C=O) groups excluding carboxylic acids is 1. The van der Waals surface area contributed by atoms with Crippen molar-refractivity contribution in [2.24, 2.45) is 11.8 Å². The minimum atomic E-state index is -4.19. The quantitative estimate of drug-likeness (QED) is 0.723. The lowest BCUT2D eigenvalue weighted by Crippen LogP contribution is -2.44. The summed E-state index contributed by atoms with van der Waals surface area (Å²) in [6.07, 6.45) is -3.10. The van der Waals surface area contributed by atoms with Crippen molar-refractivity contribution in [3.63, 3.8) is 0 Å². The molecule has 2 atom stereocenters. The van der Waals surface area contributed by atoms with Gasteiger partial charge in [-0.3, -0.25) is 4.79 Å². The van der Waals surface area contributed by atoms with E-state index in [1.807, 2.05) is 13.8 Å². The van der Waals surface area contributed by atoms with Crippen LogP contribution in [-0.4, -0.2) is 35.4 Å². The second-order valence-corrected chi connectivity index (χ2v) is 5.79. The summed E-state index contributed by atoms with van der Waals surface area (Å²) in [6, 6.07) is -0.0301. The zero-order valence-corrected chi connectivity index (χ0v) is 12.1. The highest BCUT2D eigenvalue weighted by Gasteiger charge is 2.44. The second kappa shape index (κ2) is 6.82. The van der Waals surface area contributed by atoms with Gasteiger partial charge in [0.25, 0.3) is 0 Å². The Morgan fingerprint density at radius 3 is 2.47 bits per heavy atom. The average Bonchev–Trinajstić information content (AvgIpc) is 2.34. The predicted molar refractivity (Wildman–Crippen MR) is 69.1 cm³/mol. The Morgan fingerprint density at radius 2 is 2.00 bits per heavy atom. The number of halogens is 4. The number of nitrogens with zero attached hydrogens (tertiary/aromatic N) is 1. The summed E-state index contributed by atoms with van der Waals surface area (Å²) in [5.41, 5.74) is 0. The monoisotopic (exact) mass is 299 g/mol. The molecule has 112 valence electrons. The first-order valence-corrected chi connectivity index (χ1v) is 7.24. The topological polar surface area (TPSA) is 20.3 Å². The highest BCUT2D eigenvalue weighted by atomic mass is 35.5. The highest BCUT2D eigenvalue weighted by molar-refractivity contribution is 6.18. The van der Waals surface area contributed by atoms with Gasteiger partial charge in [0.15, 0.2) is 0 Å². The first-order valence-electron chi connectivity index (χ1n) is 6.70. The lowest BCUT2D eigenvalue weighted by Gasteiger charge is -2.35. The molecule has 6 heteroatoms. The second-order valence-electron chi connectivity index (χ2n) is 5.42. The molecule has 1 fully saturated rings. The molecule has 1 rings (SSSR count). The zero-order valence-electron chi connectivity index (χ0n) is 11.3. The van der Waals surface area contributed by atoms with Crippen molar-refractivity contribution in [3.05, 3.63) is 0 Å². The molecule has 2 nitrogen and oxygen atoms in total. The van der Waals surface area contributed by atoms with Gasteiger partial charge in [-0.2, -0.15) is 13.2 Å². The maximum atomic E-state index is 12.7. The lowest BCUT2D eigenvalue weighted by atomic mass is 9.80. The first-order chi connectivity index (χ1) is 8.77. The molecule has 0 aliphatic heterocycles. The lowest BCUT2D eigenvalue weighted by molar-refractivity contribution is -0.187. The normalized spacial score (nSPS) is 24.6. The largest absolute Gasteiger partial charge is 0.391 e. The van der Waals surface area contributed by atoms with Crippen LogP contribution >= 0.6 is 11.6 Å². The third-order valence-corrected chi connectivity index (χ3v) is 3.89. The molecule has 1 amide bonds. The van der Waals surface area contributed by atoms with Crippen LogP contribution < -0.4 is 0 Å². The van der Waals surface area contributed by atoms with Crippen LogP contribution in [0.1, 0.15) is 39.5 Å². The average molecular weight is 300 g/mol. The Balaban J connectivity index is 2.70. The van der Waals surface area contributed by atoms with Crippen molar-refractivity contribution in [1.82, 2.24) is 4.90 Å². The van der Waals surface area contributed by atoms with Gasteiger partial charge in [0.05, 0.1) is 5.92 Å². The molecular formula is C13H21ClF3NO. The van der Waals surface area contributed by atoms with Crippen molar-refractivity contribution in [1.29, 1.82) is 0 Å². The third kappa shape index (κ3) is 4.55. The first kappa shape index (κ1) is 16.6. The molecule has 0 aromatic carbocycles. The molecule has 0 heterocycles. The van der Waals surface area contributed by atoms with E-state index in [2.05, 4.69) is 0 Å². The van der Waals surface area contributed by atoms with Crippen LogP contribution in [0.3, 0.4) is 0 Å². The molecule has 1 saturated carbocycles.